The Bertz CT molecular complexity index is 435. The monoisotopic (exact) mass is 274 g/mol. The molecule has 1 aromatic rings. The summed E-state index contributed by atoms with van der Waals surface area (Å²) in [5.41, 5.74) is 1.40. The molecule has 0 spiro atoms. The first-order valence-electron chi connectivity index (χ1n) is 8.01. The summed E-state index contributed by atoms with van der Waals surface area (Å²) in [4.78, 5) is 2.64. The van der Waals surface area contributed by atoms with Gasteiger partial charge in [0, 0.05) is 24.6 Å². The highest BCUT2D eigenvalue weighted by atomic mass is 16.5. The van der Waals surface area contributed by atoms with Crippen LogP contribution in [0.25, 0.3) is 0 Å². The van der Waals surface area contributed by atoms with Crippen LogP contribution in [0.1, 0.15) is 31.2 Å². The molecule has 0 aromatic heterocycles. The number of fused-ring (bicyclic) bond motifs is 1. The number of para-hydroxylation sites is 1. The Morgan fingerprint density at radius 2 is 2.25 bits per heavy atom. The maximum absolute atomic E-state index is 5.81. The molecule has 2 aliphatic heterocycles. The Morgan fingerprint density at radius 1 is 1.35 bits per heavy atom. The van der Waals surface area contributed by atoms with Crippen molar-refractivity contribution in [3.8, 4) is 5.75 Å². The third-order valence-electron chi connectivity index (χ3n) is 4.56. The zero-order valence-electron chi connectivity index (χ0n) is 12.5. The molecule has 3 rings (SSSR count). The number of ether oxygens (including phenoxy) is 1. The van der Waals surface area contributed by atoms with Gasteiger partial charge in [0.2, 0.25) is 0 Å². The van der Waals surface area contributed by atoms with Gasteiger partial charge in [0.05, 0.1) is 6.61 Å². The summed E-state index contributed by atoms with van der Waals surface area (Å²) in [6.07, 6.45) is 2.71. The van der Waals surface area contributed by atoms with Gasteiger partial charge < -0.3 is 15.0 Å². The van der Waals surface area contributed by atoms with Crippen molar-refractivity contribution in [1.82, 2.24) is 10.2 Å². The van der Waals surface area contributed by atoms with Crippen LogP contribution in [0.5, 0.6) is 5.75 Å². The molecule has 0 saturated carbocycles. The number of rotatable bonds is 5. The van der Waals surface area contributed by atoms with Crippen LogP contribution >= 0.6 is 0 Å². The van der Waals surface area contributed by atoms with Crippen LogP contribution < -0.4 is 10.1 Å². The highest BCUT2D eigenvalue weighted by Crippen LogP contribution is 2.34. The van der Waals surface area contributed by atoms with Crippen LogP contribution in [0.4, 0.5) is 0 Å². The number of nitrogens with zero attached hydrogens (tertiary/aromatic N) is 1. The smallest absolute Gasteiger partial charge is 0.122 e. The molecule has 20 heavy (non-hydrogen) atoms. The summed E-state index contributed by atoms with van der Waals surface area (Å²) in [6, 6.07) is 8.52. The maximum Gasteiger partial charge on any atom is 0.122 e. The minimum absolute atomic E-state index is 0.559. The fraction of sp³-hybridized carbons (Fsp3) is 0.647. The van der Waals surface area contributed by atoms with Gasteiger partial charge in [-0.3, -0.25) is 0 Å². The van der Waals surface area contributed by atoms with E-state index in [0.717, 1.165) is 31.4 Å². The predicted octanol–water partition coefficient (Wildman–Crippen LogP) is 2.48. The van der Waals surface area contributed by atoms with E-state index in [4.69, 9.17) is 4.74 Å². The average Bonchev–Trinajstić information content (AvgIpc) is 2.89. The first-order chi connectivity index (χ1) is 9.86. The Labute approximate surface area is 122 Å². The molecule has 3 nitrogen and oxygen atoms in total. The second-order valence-corrected chi connectivity index (χ2v) is 6.12. The molecule has 1 aromatic carbocycles. The average molecular weight is 274 g/mol. The molecule has 0 bridgehead atoms. The molecule has 2 unspecified atom stereocenters. The molecule has 2 aliphatic rings. The van der Waals surface area contributed by atoms with Crippen LogP contribution in [-0.4, -0.2) is 44.2 Å². The molecule has 0 amide bonds. The minimum atomic E-state index is 0.559. The van der Waals surface area contributed by atoms with Gasteiger partial charge in [-0.25, -0.2) is 0 Å². The Balaban J connectivity index is 1.56. The number of benzene rings is 1. The third-order valence-corrected chi connectivity index (χ3v) is 4.56. The molecule has 0 radical (unpaired) electrons. The van der Waals surface area contributed by atoms with Crippen molar-refractivity contribution in [2.75, 3.05) is 39.3 Å². The Hall–Kier alpha value is -1.06. The highest BCUT2D eigenvalue weighted by molar-refractivity contribution is 5.39. The number of hydrogen-bond acceptors (Lipinski definition) is 3. The molecule has 2 atom stereocenters. The molecule has 2 heterocycles. The second kappa shape index (κ2) is 6.59. The summed E-state index contributed by atoms with van der Waals surface area (Å²) in [5.74, 6) is 2.48. The molecule has 1 N–H and O–H groups in total. The van der Waals surface area contributed by atoms with Crippen LogP contribution in [0, 0.1) is 5.92 Å². The molecular weight excluding hydrogens is 248 g/mol. The Morgan fingerprint density at radius 3 is 3.15 bits per heavy atom. The van der Waals surface area contributed by atoms with E-state index in [1.807, 2.05) is 0 Å². The zero-order chi connectivity index (χ0) is 13.8. The van der Waals surface area contributed by atoms with Gasteiger partial charge in [-0.1, -0.05) is 25.1 Å². The molecule has 1 saturated heterocycles. The van der Waals surface area contributed by atoms with Gasteiger partial charge in [0.15, 0.2) is 0 Å². The van der Waals surface area contributed by atoms with Crippen molar-refractivity contribution in [3.05, 3.63) is 29.8 Å². The van der Waals surface area contributed by atoms with E-state index in [0.29, 0.717) is 5.92 Å². The second-order valence-electron chi connectivity index (χ2n) is 6.12. The van der Waals surface area contributed by atoms with Crippen LogP contribution in [-0.2, 0) is 0 Å². The van der Waals surface area contributed by atoms with Crippen molar-refractivity contribution < 1.29 is 4.74 Å². The Kier molecular flexibility index (Phi) is 4.58. The normalized spacial score (nSPS) is 26.2. The van der Waals surface area contributed by atoms with E-state index in [1.165, 1.54) is 38.0 Å². The van der Waals surface area contributed by atoms with Gasteiger partial charge in [0.1, 0.15) is 5.75 Å². The fourth-order valence-corrected chi connectivity index (χ4v) is 3.52. The maximum atomic E-state index is 5.81. The summed E-state index contributed by atoms with van der Waals surface area (Å²) >= 11 is 0. The van der Waals surface area contributed by atoms with Gasteiger partial charge in [0.25, 0.3) is 0 Å². The topological polar surface area (TPSA) is 24.5 Å². The summed E-state index contributed by atoms with van der Waals surface area (Å²) in [5, 5.41) is 3.50. The molecule has 3 heteroatoms. The molecular formula is C17H26N2O. The van der Waals surface area contributed by atoms with E-state index in [2.05, 4.69) is 41.4 Å². The number of likely N-dealkylation sites (tertiary alicyclic amines) is 1. The van der Waals surface area contributed by atoms with Crippen molar-refractivity contribution in [1.29, 1.82) is 0 Å². The van der Waals surface area contributed by atoms with Crippen molar-refractivity contribution in [3.63, 3.8) is 0 Å². The van der Waals surface area contributed by atoms with E-state index in [9.17, 15) is 0 Å². The minimum Gasteiger partial charge on any atom is -0.493 e. The standard InChI is InChI=1S/C17H26N2O/c1-2-18-10-14-6-5-9-19(11-14)12-15-13-20-17-8-4-3-7-16(15)17/h3-4,7-8,14-15,18H,2,5-6,9-13H2,1H3. The van der Waals surface area contributed by atoms with Crippen molar-refractivity contribution in [2.45, 2.75) is 25.7 Å². The summed E-state index contributed by atoms with van der Waals surface area (Å²) < 4.78 is 5.81. The number of nitrogens with one attached hydrogen (secondary N) is 1. The SMILES string of the molecule is CCNCC1CCCN(CC2COc3ccccc32)C1. The first kappa shape index (κ1) is 13.9. The van der Waals surface area contributed by atoms with Gasteiger partial charge >= 0.3 is 0 Å². The fourth-order valence-electron chi connectivity index (χ4n) is 3.52. The van der Waals surface area contributed by atoms with E-state index in [-0.39, 0.29) is 0 Å². The lowest BCUT2D eigenvalue weighted by Crippen LogP contribution is -2.41. The van der Waals surface area contributed by atoms with Crippen LogP contribution in [0.15, 0.2) is 24.3 Å². The largest absolute Gasteiger partial charge is 0.493 e. The lowest BCUT2D eigenvalue weighted by Gasteiger charge is -2.34. The van der Waals surface area contributed by atoms with Crippen molar-refractivity contribution in [2.24, 2.45) is 5.92 Å². The van der Waals surface area contributed by atoms with Gasteiger partial charge in [-0.15, -0.1) is 0 Å². The molecule has 1 fully saturated rings. The van der Waals surface area contributed by atoms with E-state index in [1.54, 1.807) is 0 Å². The lowest BCUT2D eigenvalue weighted by atomic mass is 9.95. The van der Waals surface area contributed by atoms with Crippen LogP contribution in [0.2, 0.25) is 0 Å². The summed E-state index contributed by atoms with van der Waals surface area (Å²) in [6.45, 7) is 8.94. The zero-order valence-corrected chi connectivity index (χ0v) is 12.5. The van der Waals surface area contributed by atoms with Gasteiger partial charge in [-0.2, -0.15) is 0 Å². The predicted molar refractivity (Wildman–Crippen MR) is 82.4 cm³/mol. The molecule has 0 aliphatic carbocycles. The number of piperidine rings is 1. The quantitative estimate of drug-likeness (QED) is 0.893. The number of hydrogen-bond donors (Lipinski definition) is 1. The third kappa shape index (κ3) is 3.15. The summed E-state index contributed by atoms with van der Waals surface area (Å²) in [7, 11) is 0. The van der Waals surface area contributed by atoms with Gasteiger partial charge in [-0.05, 0) is 44.5 Å². The first-order valence-corrected chi connectivity index (χ1v) is 8.01. The highest BCUT2D eigenvalue weighted by Gasteiger charge is 2.28. The van der Waals surface area contributed by atoms with E-state index >= 15 is 0 Å². The van der Waals surface area contributed by atoms with Crippen molar-refractivity contribution >= 4 is 0 Å². The van der Waals surface area contributed by atoms with E-state index < -0.39 is 0 Å². The lowest BCUT2D eigenvalue weighted by molar-refractivity contribution is 0.157. The van der Waals surface area contributed by atoms with Crippen LogP contribution in [0.3, 0.4) is 0 Å². The molecule has 110 valence electrons.